The van der Waals surface area contributed by atoms with Gasteiger partial charge < -0.3 is 0 Å². The van der Waals surface area contributed by atoms with Gasteiger partial charge in [-0.1, -0.05) is 50.2 Å². The maximum atomic E-state index is 14.0. The van der Waals surface area contributed by atoms with Crippen molar-refractivity contribution in [2.24, 2.45) is 5.92 Å². The molecule has 0 N–H and O–H groups in total. The third kappa shape index (κ3) is 3.03. The minimum Gasteiger partial charge on any atom is -0.299 e. The first-order valence-electron chi connectivity index (χ1n) is 9.93. The molecule has 0 aliphatic carbocycles. The SMILES string of the molecule is CC(C)CN1c2ccccc2C2(CCN(Cc3ccccc3F)CC2)S1(=O)=O. The van der Waals surface area contributed by atoms with E-state index in [-0.39, 0.29) is 11.7 Å². The predicted octanol–water partition coefficient (Wildman–Crippen LogP) is 4.12. The van der Waals surface area contributed by atoms with Crippen molar-refractivity contribution in [3.05, 3.63) is 65.5 Å². The lowest BCUT2D eigenvalue weighted by molar-refractivity contribution is 0.187. The number of anilines is 1. The van der Waals surface area contributed by atoms with E-state index in [4.69, 9.17) is 0 Å². The fourth-order valence-corrected chi connectivity index (χ4v) is 7.03. The Morgan fingerprint density at radius 3 is 2.36 bits per heavy atom. The molecule has 28 heavy (non-hydrogen) atoms. The quantitative estimate of drug-likeness (QED) is 0.772. The normalized spacial score (nSPS) is 20.6. The van der Waals surface area contributed by atoms with Crippen molar-refractivity contribution in [3.63, 3.8) is 0 Å². The monoisotopic (exact) mass is 402 g/mol. The lowest BCUT2D eigenvalue weighted by Gasteiger charge is -2.39. The van der Waals surface area contributed by atoms with Crippen LogP contribution >= 0.6 is 0 Å². The molecular weight excluding hydrogens is 375 g/mol. The largest absolute Gasteiger partial charge is 0.299 e. The molecule has 2 heterocycles. The van der Waals surface area contributed by atoms with Crippen molar-refractivity contribution in [2.45, 2.75) is 38.0 Å². The van der Waals surface area contributed by atoms with E-state index in [9.17, 15) is 12.8 Å². The second-order valence-electron chi connectivity index (χ2n) is 8.31. The van der Waals surface area contributed by atoms with Gasteiger partial charge in [-0.3, -0.25) is 9.21 Å². The zero-order chi connectivity index (χ0) is 19.9. The first kappa shape index (κ1) is 19.4. The average Bonchev–Trinajstić information content (AvgIpc) is 2.84. The highest BCUT2D eigenvalue weighted by Gasteiger charge is 2.56. The van der Waals surface area contributed by atoms with Gasteiger partial charge in [-0.25, -0.2) is 12.8 Å². The van der Waals surface area contributed by atoms with Crippen LogP contribution in [0.15, 0.2) is 48.5 Å². The molecule has 0 aromatic heterocycles. The zero-order valence-corrected chi connectivity index (χ0v) is 17.3. The minimum atomic E-state index is -3.48. The van der Waals surface area contributed by atoms with E-state index >= 15 is 0 Å². The zero-order valence-electron chi connectivity index (χ0n) is 16.4. The molecule has 0 saturated carbocycles. The summed E-state index contributed by atoms with van der Waals surface area (Å²) < 4.78 is 42.0. The van der Waals surface area contributed by atoms with Gasteiger partial charge in [0.2, 0.25) is 10.0 Å². The Morgan fingerprint density at radius 2 is 1.68 bits per heavy atom. The third-order valence-corrected chi connectivity index (χ3v) is 8.54. The molecule has 0 unspecified atom stereocenters. The van der Waals surface area contributed by atoms with E-state index in [1.54, 1.807) is 16.4 Å². The molecule has 6 heteroatoms. The smallest absolute Gasteiger partial charge is 0.245 e. The summed E-state index contributed by atoms with van der Waals surface area (Å²) in [5.41, 5.74) is 2.43. The molecule has 2 aromatic carbocycles. The Labute approximate surface area is 167 Å². The highest BCUT2D eigenvalue weighted by Crippen LogP contribution is 2.52. The van der Waals surface area contributed by atoms with Crippen LogP contribution in [-0.4, -0.2) is 33.0 Å². The molecule has 1 saturated heterocycles. The number of halogens is 1. The summed E-state index contributed by atoms with van der Waals surface area (Å²) in [6.45, 7) is 6.37. The van der Waals surface area contributed by atoms with Gasteiger partial charge in [-0.15, -0.1) is 0 Å². The number of hydrogen-bond acceptors (Lipinski definition) is 3. The minimum absolute atomic E-state index is 0.204. The van der Waals surface area contributed by atoms with Crippen LogP contribution in [0, 0.1) is 11.7 Å². The highest BCUT2D eigenvalue weighted by atomic mass is 32.2. The maximum Gasteiger partial charge on any atom is 0.245 e. The summed E-state index contributed by atoms with van der Waals surface area (Å²) in [6, 6.07) is 14.5. The lowest BCUT2D eigenvalue weighted by Crippen LogP contribution is -2.48. The van der Waals surface area contributed by atoms with Gasteiger partial charge in [0, 0.05) is 31.7 Å². The van der Waals surface area contributed by atoms with E-state index in [2.05, 4.69) is 4.90 Å². The molecular formula is C22H27FN2O2S. The Kier molecular flexibility index (Phi) is 4.96. The number of rotatable bonds is 4. The summed E-state index contributed by atoms with van der Waals surface area (Å²) in [6.07, 6.45) is 1.07. The number of nitrogens with zero attached hydrogens (tertiary/aromatic N) is 2. The van der Waals surface area contributed by atoms with Gasteiger partial charge in [0.1, 0.15) is 10.6 Å². The molecule has 0 radical (unpaired) electrons. The summed E-state index contributed by atoms with van der Waals surface area (Å²) in [5, 5.41) is 0. The summed E-state index contributed by atoms with van der Waals surface area (Å²) in [7, 11) is -3.48. The Balaban J connectivity index is 1.61. The maximum absolute atomic E-state index is 14.0. The summed E-state index contributed by atoms with van der Waals surface area (Å²) in [4.78, 5) is 2.16. The molecule has 4 nitrogen and oxygen atoms in total. The molecule has 0 amide bonds. The topological polar surface area (TPSA) is 40.6 Å². The van der Waals surface area contributed by atoms with Crippen LogP contribution in [0.25, 0.3) is 0 Å². The molecule has 4 rings (SSSR count). The molecule has 150 valence electrons. The van der Waals surface area contributed by atoms with Gasteiger partial charge in [-0.05, 0) is 36.5 Å². The molecule has 2 aromatic rings. The van der Waals surface area contributed by atoms with Crippen molar-refractivity contribution >= 4 is 15.7 Å². The number of para-hydroxylation sites is 1. The van der Waals surface area contributed by atoms with Crippen LogP contribution in [-0.2, 0) is 21.3 Å². The van der Waals surface area contributed by atoms with E-state index < -0.39 is 14.8 Å². The number of benzene rings is 2. The second kappa shape index (κ2) is 7.16. The fraction of sp³-hybridized carbons (Fsp3) is 0.455. The molecule has 2 aliphatic heterocycles. The van der Waals surface area contributed by atoms with Crippen LogP contribution in [0.5, 0.6) is 0 Å². The number of hydrogen-bond donors (Lipinski definition) is 0. The van der Waals surface area contributed by atoms with Crippen molar-refractivity contribution in [3.8, 4) is 0 Å². The summed E-state index contributed by atoms with van der Waals surface area (Å²) >= 11 is 0. The average molecular weight is 403 g/mol. The first-order chi connectivity index (χ1) is 13.3. The van der Waals surface area contributed by atoms with Crippen LogP contribution in [0.4, 0.5) is 10.1 Å². The van der Waals surface area contributed by atoms with Crippen LogP contribution in [0.1, 0.15) is 37.8 Å². The van der Waals surface area contributed by atoms with Gasteiger partial charge in [0.25, 0.3) is 0 Å². The Bertz CT molecular complexity index is 966. The van der Waals surface area contributed by atoms with Crippen molar-refractivity contribution in [1.29, 1.82) is 0 Å². The van der Waals surface area contributed by atoms with Crippen molar-refractivity contribution < 1.29 is 12.8 Å². The molecule has 0 bridgehead atoms. The highest BCUT2D eigenvalue weighted by molar-refractivity contribution is 7.94. The Morgan fingerprint density at radius 1 is 1.04 bits per heavy atom. The second-order valence-corrected chi connectivity index (χ2v) is 10.5. The molecule has 1 fully saturated rings. The summed E-state index contributed by atoms with van der Waals surface area (Å²) in [5.74, 6) is 0.0452. The Hall–Kier alpha value is -1.92. The third-order valence-electron chi connectivity index (χ3n) is 5.99. The van der Waals surface area contributed by atoms with Crippen LogP contribution < -0.4 is 4.31 Å². The fourth-order valence-electron chi connectivity index (χ4n) is 4.55. The van der Waals surface area contributed by atoms with Crippen LogP contribution in [0.2, 0.25) is 0 Å². The van der Waals surface area contributed by atoms with Gasteiger partial charge >= 0.3 is 0 Å². The van der Waals surface area contributed by atoms with Gasteiger partial charge in [0.15, 0.2) is 0 Å². The van der Waals surface area contributed by atoms with Gasteiger partial charge in [-0.2, -0.15) is 0 Å². The number of likely N-dealkylation sites (tertiary alicyclic amines) is 1. The van der Waals surface area contributed by atoms with E-state index in [1.807, 2.05) is 44.2 Å². The van der Waals surface area contributed by atoms with E-state index in [0.29, 0.717) is 44.6 Å². The first-order valence-corrected chi connectivity index (χ1v) is 11.4. The number of sulfonamides is 1. The van der Waals surface area contributed by atoms with Crippen molar-refractivity contribution in [1.82, 2.24) is 4.90 Å². The lowest BCUT2D eigenvalue weighted by atomic mass is 9.87. The number of fused-ring (bicyclic) bond motifs is 2. The van der Waals surface area contributed by atoms with Crippen molar-refractivity contribution in [2.75, 3.05) is 23.9 Å². The predicted molar refractivity (Wildman–Crippen MR) is 110 cm³/mol. The number of piperidine rings is 1. The van der Waals surface area contributed by atoms with E-state index in [0.717, 1.165) is 11.3 Å². The molecule has 0 atom stereocenters. The van der Waals surface area contributed by atoms with Crippen LogP contribution in [0.3, 0.4) is 0 Å². The molecule has 2 aliphatic rings. The standard InChI is InChI=1S/C22H27FN2O2S/c1-17(2)15-25-21-10-6-4-8-19(21)22(28(25,26)27)11-13-24(14-12-22)16-18-7-3-5-9-20(18)23/h3-10,17H,11-16H2,1-2H3. The molecule has 1 spiro atoms. The van der Waals surface area contributed by atoms with E-state index in [1.165, 1.54) is 6.07 Å². The van der Waals surface area contributed by atoms with Gasteiger partial charge in [0.05, 0.1) is 5.69 Å².